The van der Waals surface area contributed by atoms with E-state index in [0.29, 0.717) is 18.1 Å². The first-order valence-electron chi connectivity index (χ1n) is 8.70. The topological polar surface area (TPSA) is 117 Å². The average molecular weight is 386 g/mol. The second-order valence-corrected chi connectivity index (χ2v) is 5.60. The van der Waals surface area contributed by atoms with Crippen LogP contribution in [0.25, 0.3) is 0 Å². The second-order valence-electron chi connectivity index (χ2n) is 5.60. The van der Waals surface area contributed by atoms with Crippen LogP contribution in [0.3, 0.4) is 0 Å². The Bertz CT molecular complexity index is 837. The number of hydrogen-bond donors (Lipinski definition) is 2. The van der Waals surface area contributed by atoms with Crippen molar-refractivity contribution in [3.8, 4) is 11.5 Å². The minimum Gasteiger partial charge on any atom is -0.490 e. The third-order valence-corrected chi connectivity index (χ3v) is 3.54. The van der Waals surface area contributed by atoms with Gasteiger partial charge in [0.2, 0.25) is 0 Å². The van der Waals surface area contributed by atoms with Gasteiger partial charge in [0.05, 0.1) is 30.9 Å². The third-order valence-electron chi connectivity index (χ3n) is 3.54. The fourth-order valence-electron chi connectivity index (χ4n) is 2.30. The predicted molar refractivity (Wildman–Crippen MR) is 102 cm³/mol. The number of nitrogens with two attached hydrogens (primary N) is 1. The highest BCUT2D eigenvalue weighted by Gasteiger charge is 2.13. The van der Waals surface area contributed by atoms with E-state index in [9.17, 15) is 14.4 Å². The molecule has 2 aromatic carbocycles. The molecule has 0 aromatic heterocycles. The molecule has 0 aliphatic heterocycles. The molecule has 2 rings (SSSR count). The summed E-state index contributed by atoms with van der Waals surface area (Å²) in [7, 11) is 0. The molecule has 28 heavy (non-hydrogen) atoms. The number of amides is 2. The number of carbonyl (C=O) groups is 3. The van der Waals surface area contributed by atoms with Crippen molar-refractivity contribution in [1.82, 2.24) is 0 Å². The Balaban J connectivity index is 1.76. The lowest BCUT2D eigenvalue weighted by molar-refractivity contribution is -0.147. The highest BCUT2D eigenvalue weighted by molar-refractivity contribution is 6.03. The molecular weight excluding hydrogens is 364 g/mol. The van der Waals surface area contributed by atoms with Crippen molar-refractivity contribution in [1.29, 1.82) is 0 Å². The summed E-state index contributed by atoms with van der Waals surface area (Å²) in [5.41, 5.74) is 5.67. The molecule has 0 atom stereocenters. The van der Waals surface area contributed by atoms with Crippen molar-refractivity contribution in [2.24, 2.45) is 5.73 Å². The Morgan fingerprint density at radius 2 is 1.61 bits per heavy atom. The monoisotopic (exact) mass is 386 g/mol. The van der Waals surface area contributed by atoms with Gasteiger partial charge in [-0.3, -0.25) is 14.4 Å². The van der Waals surface area contributed by atoms with Gasteiger partial charge in [0.15, 0.2) is 18.1 Å². The molecule has 2 amide bonds. The SMILES string of the molecule is CCOc1ccccc1OCCC(=O)OCC(=O)Nc1ccccc1C(N)=O. The lowest BCUT2D eigenvalue weighted by atomic mass is 10.1. The number of ether oxygens (including phenoxy) is 3. The Kier molecular flexibility index (Phi) is 7.83. The van der Waals surface area contributed by atoms with E-state index < -0.39 is 24.4 Å². The summed E-state index contributed by atoms with van der Waals surface area (Å²) in [6, 6.07) is 13.4. The molecule has 148 valence electrons. The van der Waals surface area contributed by atoms with Gasteiger partial charge in [0.1, 0.15) is 0 Å². The molecule has 0 saturated carbocycles. The van der Waals surface area contributed by atoms with Gasteiger partial charge in [-0.1, -0.05) is 24.3 Å². The third kappa shape index (κ3) is 6.31. The van der Waals surface area contributed by atoms with Gasteiger partial charge in [-0.2, -0.15) is 0 Å². The summed E-state index contributed by atoms with van der Waals surface area (Å²) in [6.07, 6.45) is -0.0361. The van der Waals surface area contributed by atoms with Crippen LogP contribution in [0.1, 0.15) is 23.7 Å². The number of primary amides is 1. The largest absolute Gasteiger partial charge is 0.490 e. The molecule has 0 aliphatic rings. The van der Waals surface area contributed by atoms with Gasteiger partial charge in [0.25, 0.3) is 11.8 Å². The van der Waals surface area contributed by atoms with E-state index in [0.717, 1.165) is 0 Å². The molecule has 8 heteroatoms. The smallest absolute Gasteiger partial charge is 0.309 e. The number of esters is 1. The number of anilines is 1. The molecule has 0 fully saturated rings. The average Bonchev–Trinajstić information content (AvgIpc) is 2.68. The van der Waals surface area contributed by atoms with Gasteiger partial charge in [-0.15, -0.1) is 0 Å². The zero-order valence-electron chi connectivity index (χ0n) is 15.5. The van der Waals surface area contributed by atoms with Gasteiger partial charge in [-0.05, 0) is 31.2 Å². The lowest BCUT2D eigenvalue weighted by Crippen LogP contribution is -2.23. The van der Waals surface area contributed by atoms with Crippen LogP contribution in [-0.4, -0.2) is 37.6 Å². The molecule has 2 aromatic rings. The van der Waals surface area contributed by atoms with E-state index in [2.05, 4.69) is 5.32 Å². The maximum atomic E-state index is 11.9. The van der Waals surface area contributed by atoms with E-state index in [-0.39, 0.29) is 24.3 Å². The number of carbonyl (C=O) groups excluding carboxylic acids is 3. The van der Waals surface area contributed by atoms with Crippen LogP contribution in [0, 0.1) is 0 Å². The molecule has 0 radical (unpaired) electrons. The summed E-state index contributed by atoms with van der Waals surface area (Å²) >= 11 is 0. The fraction of sp³-hybridized carbons (Fsp3) is 0.250. The summed E-state index contributed by atoms with van der Waals surface area (Å²) < 4.78 is 15.9. The summed E-state index contributed by atoms with van der Waals surface area (Å²) in [5, 5.41) is 2.49. The van der Waals surface area contributed by atoms with E-state index >= 15 is 0 Å². The maximum absolute atomic E-state index is 11.9. The molecule has 0 heterocycles. The van der Waals surface area contributed by atoms with Crippen LogP contribution < -0.4 is 20.5 Å². The van der Waals surface area contributed by atoms with Gasteiger partial charge in [0, 0.05) is 0 Å². The van der Waals surface area contributed by atoms with Crippen LogP contribution >= 0.6 is 0 Å². The Labute approximate surface area is 162 Å². The number of hydrogen-bond acceptors (Lipinski definition) is 6. The van der Waals surface area contributed by atoms with Crippen LogP contribution in [0.5, 0.6) is 11.5 Å². The van der Waals surface area contributed by atoms with Crippen molar-refractivity contribution in [2.45, 2.75) is 13.3 Å². The first-order chi connectivity index (χ1) is 13.5. The standard InChI is InChI=1S/C20H22N2O6/c1-2-26-16-9-5-6-10-17(16)27-12-11-19(24)28-13-18(23)22-15-8-4-3-7-14(15)20(21)25/h3-10H,2,11-13H2,1H3,(H2,21,25)(H,22,23). The molecule has 8 nitrogen and oxygen atoms in total. The van der Waals surface area contributed by atoms with Gasteiger partial charge in [-0.25, -0.2) is 0 Å². The minimum atomic E-state index is -0.669. The van der Waals surface area contributed by atoms with Crippen LogP contribution in [0.15, 0.2) is 48.5 Å². The molecule has 0 spiro atoms. The first kappa shape index (κ1) is 20.8. The van der Waals surface area contributed by atoms with Crippen LogP contribution in [0.4, 0.5) is 5.69 Å². The molecular formula is C20H22N2O6. The Morgan fingerprint density at radius 3 is 2.29 bits per heavy atom. The number of rotatable bonds is 10. The molecule has 0 saturated heterocycles. The van der Waals surface area contributed by atoms with Gasteiger partial charge >= 0.3 is 5.97 Å². The second kappa shape index (κ2) is 10.6. The number of nitrogens with one attached hydrogen (secondary N) is 1. The van der Waals surface area contributed by atoms with Crippen molar-refractivity contribution >= 4 is 23.5 Å². The number of benzene rings is 2. The normalized spacial score (nSPS) is 10.0. The van der Waals surface area contributed by atoms with E-state index in [1.807, 2.05) is 13.0 Å². The van der Waals surface area contributed by atoms with E-state index in [1.54, 1.807) is 30.3 Å². The Morgan fingerprint density at radius 1 is 0.964 bits per heavy atom. The predicted octanol–water partition coefficient (Wildman–Crippen LogP) is 2.13. The van der Waals surface area contributed by atoms with Crippen molar-refractivity contribution in [2.75, 3.05) is 25.1 Å². The highest BCUT2D eigenvalue weighted by atomic mass is 16.5. The Hall–Kier alpha value is -3.55. The fourth-order valence-corrected chi connectivity index (χ4v) is 2.30. The van der Waals surface area contributed by atoms with Crippen LogP contribution in [-0.2, 0) is 14.3 Å². The van der Waals surface area contributed by atoms with Crippen LogP contribution in [0.2, 0.25) is 0 Å². The molecule has 3 N–H and O–H groups in total. The number of para-hydroxylation sites is 3. The summed E-state index contributed by atoms with van der Waals surface area (Å²) in [5.74, 6) is -0.724. The molecule has 0 unspecified atom stereocenters. The van der Waals surface area contributed by atoms with Crippen molar-refractivity contribution < 1.29 is 28.6 Å². The van der Waals surface area contributed by atoms with E-state index in [4.69, 9.17) is 19.9 Å². The van der Waals surface area contributed by atoms with E-state index in [1.165, 1.54) is 12.1 Å². The maximum Gasteiger partial charge on any atom is 0.309 e. The zero-order chi connectivity index (χ0) is 20.4. The minimum absolute atomic E-state index is 0.0361. The zero-order valence-corrected chi connectivity index (χ0v) is 15.5. The highest BCUT2D eigenvalue weighted by Crippen LogP contribution is 2.26. The summed E-state index contributed by atoms with van der Waals surface area (Å²) in [4.78, 5) is 35.0. The molecule has 0 aliphatic carbocycles. The first-order valence-corrected chi connectivity index (χ1v) is 8.70. The summed E-state index contributed by atoms with van der Waals surface area (Å²) in [6.45, 7) is 1.95. The van der Waals surface area contributed by atoms with Crippen molar-refractivity contribution in [3.63, 3.8) is 0 Å². The van der Waals surface area contributed by atoms with Gasteiger partial charge < -0.3 is 25.3 Å². The lowest BCUT2D eigenvalue weighted by Gasteiger charge is -2.11. The molecule has 0 bridgehead atoms. The quantitative estimate of drug-likeness (QED) is 0.604. The van der Waals surface area contributed by atoms with Crippen molar-refractivity contribution in [3.05, 3.63) is 54.1 Å².